The van der Waals surface area contributed by atoms with Gasteiger partial charge in [-0.15, -0.1) is 0 Å². The van der Waals surface area contributed by atoms with Crippen LogP contribution in [-0.4, -0.2) is 10.2 Å². The Kier molecular flexibility index (Phi) is 3.07. The van der Waals surface area contributed by atoms with Gasteiger partial charge in [0, 0.05) is 11.3 Å². The van der Waals surface area contributed by atoms with Crippen LogP contribution in [0, 0.1) is 6.92 Å². The van der Waals surface area contributed by atoms with Gasteiger partial charge in [0.1, 0.15) is 0 Å². The van der Waals surface area contributed by atoms with Crippen LogP contribution in [0.2, 0.25) is 0 Å². The molecule has 0 fully saturated rings. The van der Waals surface area contributed by atoms with Crippen molar-refractivity contribution in [2.24, 2.45) is 0 Å². The Labute approximate surface area is 85.0 Å². The third kappa shape index (κ3) is 2.02. The second-order valence-corrected chi connectivity index (χ2v) is 3.48. The fourth-order valence-corrected chi connectivity index (χ4v) is 1.23. The standard InChI is InChI=1S/C12H16N2/c1-6-9(4)7-11-10(5)13-14-12(11)8(2)3/h6-7H,1-2H2,3-5H3,(H,13,14)/b9-7-. The predicted molar refractivity (Wildman–Crippen MR) is 61.9 cm³/mol. The van der Waals surface area contributed by atoms with Crippen molar-refractivity contribution in [3.63, 3.8) is 0 Å². The average Bonchev–Trinajstić information content (AvgIpc) is 2.48. The van der Waals surface area contributed by atoms with Gasteiger partial charge < -0.3 is 0 Å². The molecule has 0 saturated carbocycles. The molecule has 0 atom stereocenters. The zero-order valence-corrected chi connectivity index (χ0v) is 9.02. The first-order valence-corrected chi connectivity index (χ1v) is 4.58. The van der Waals surface area contributed by atoms with E-state index in [-0.39, 0.29) is 0 Å². The predicted octanol–water partition coefficient (Wildman–Crippen LogP) is 3.34. The van der Waals surface area contributed by atoms with E-state index < -0.39 is 0 Å². The number of nitrogens with zero attached hydrogens (tertiary/aromatic N) is 1. The van der Waals surface area contributed by atoms with Crippen molar-refractivity contribution >= 4 is 11.6 Å². The lowest BCUT2D eigenvalue weighted by Crippen LogP contribution is -1.83. The molecule has 1 N–H and O–H groups in total. The van der Waals surface area contributed by atoms with Gasteiger partial charge in [-0.05, 0) is 32.4 Å². The van der Waals surface area contributed by atoms with Gasteiger partial charge in [-0.25, -0.2) is 0 Å². The monoisotopic (exact) mass is 188 g/mol. The Morgan fingerprint density at radius 3 is 2.57 bits per heavy atom. The quantitative estimate of drug-likeness (QED) is 0.724. The largest absolute Gasteiger partial charge is 0.282 e. The molecule has 0 spiro atoms. The Morgan fingerprint density at radius 1 is 1.43 bits per heavy atom. The molecule has 14 heavy (non-hydrogen) atoms. The maximum absolute atomic E-state index is 4.20. The molecule has 1 rings (SSSR count). The molecular formula is C12H16N2. The fourth-order valence-electron chi connectivity index (χ4n) is 1.23. The third-order valence-corrected chi connectivity index (χ3v) is 2.09. The summed E-state index contributed by atoms with van der Waals surface area (Å²) in [4.78, 5) is 0. The van der Waals surface area contributed by atoms with Crippen LogP contribution in [0.4, 0.5) is 0 Å². The van der Waals surface area contributed by atoms with E-state index in [1.807, 2.05) is 26.8 Å². The van der Waals surface area contributed by atoms with Crippen LogP contribution in [-0.2, 0) is 0 Å². The first-order chi connectivity index (χ1) is 6.56. The van der Waals surface area contributed by atoms with Crippen molar-refractivity contribution in [3.8, 4) is 0 Å². The Morgan fingerprint density at radius 2 is 2.07 bits per heavy atom. The first kappa shape index (κ1) is 10.5. The molecule has 74 valence electrons. The molecule has 2 nitrogen and oxygen atoms in total. The molecule has 0 bridgehead atoms. The van der Waals surface area contributed by atoms with Gasteiger partial charge in [-0.2, -0.15) is 5.10 Å². The minimum Gasteiger partial charge on any atom is -0.282 e. The number of hydrogen-bond donors (Lipinski definition) is 1. The van der Waals surface area contributed by atoms with Crippen molar-refractivity contribution in [1.29, 1.82) is 0 Å². The van der Waals surface area contributed by atoms with Gasteiger partial charge in [0.05, 0.1) is 5.69 Å². The molecule has 1 heterocycles. The third-order valence-electron chi connectivity index (χ3n) is 2.09. The van der Waals surface area contributed by atoms with E-state index >= 15 is 0 Å². The lowest BCUT2D eigenvalue weighted by atomic mass is 10.1. The number of aromatic nitrogens is 2. The SMILES string of the molecule is C=C/C(C)=C\c1c(C(=C)C)n[nH]c1C. The second-order valence-electron chi connectivity index (χ2n) is 3.48. The second kappa shape index (κ2) is 4.09. The molecule has 0 saturated heterocycles. The zero-order valence-electron chi connectivity index (χ0n) is 9.02. The van der Waals surface area contributed by atoms with Crippen LogP contribution in [0.5, 0.6) is 0 Å². The highest BCUT2D eigenvalue weighted by Crippen LogP contribution is 2.20. The van der Waals surface area contributed by atoms with Crippen LogP contribution in [0.1, 0.15) is 30.8 Å². The van der Waals surface area contributed by atoms with Crippen molar-refractivity contribution in [3.05, 3.63) is 41.8 Å². The Bertz CT molecular complexity index is 394. The van der Waals surface area contributed by atoms with E-state index in [0.29, 0.717) is 0 Å². The fraction of sp³-hybridized carbons (Fsp3) is 0.250. The molecule has 0 aliphatic carbocycles. The van der Waals surface area contributed by atoms with Gasteiger partial charge in [-0.1, -0.05) is 24.8 Å². The van der Waals surface area contributed by atoms with Crippen LogP contribution in [0.15, 0.2) is 24.8 Å². The molecule has 0 unspecified atom stereocenters. The number of H-pyrrole nitrogens is 1. The van der Waals surface area contributed by atoms with Crippen molar-refractivity contribution in [2.75, 3.05) is 0 Å². The van der Waals surface area contributed by atoms with Gasteiger partial charge in [0.2, 0.25) is 0 Å². The van der Waals surface area contributed by atoms with Crippen LogP contribution >= 0.6 is 0 Å². The van der Waals surface area contributed by atoms with E-state index in [1.54, 1.807) is 0 Å². The number of nitrogens with one attached hydrogen (secondary N) is 1. The lowest BCUT2D eigenvalue weighted by molar-refractivity contribution is 1.03. The summed E-state index contributed by atoms with van der Waals surface area (Å²) in [7, 11) is 0. The molecule has 0 aromatic carbocycles. The molecule has 0 aliphatic rings. The maximum atomic E-state index is 4.20. The molecule has 0 radical (unpaired) electrons. The number of aryl methyl sites for hydroxylation is 1. The van der Waals surface area contributed by atoms with Gasteiger partial charge in [-0.3, -0.25) is 5.10 Å². The summed E-state index contributed by atoms with van der Waals surface area (Å²) < 4.78 is 0. The van der Waals surface area contributed by atoms with E-state index in [1.165, 1.54) is 0 Å². The molecule has 0 aliphatic heterocycles. The Balaban J connectivity index is 3.24. The topological polar surface area (TPSA) is 28.7 Å². The van der Waals surface area contributed by atoms with E-state index in [4.69, 9.17) is 0 Å². The molecular weight excluding hydrogens is 172 g/mol. The van der Waals surface area contributed by atoms with Crippen LogP contribution < -0.4 is 0 Å². The van der Waals surface area contributed by atoms with E-state index in [9.17, 15) is 0 Å². The molecule has 2 heteroatoms. The number of allylic oxidation sites excluding steroid dienone is 3. The summed E-state index contributed by atoms with van der Waals surface area (Å²) in [6.45, 7) is 13.6. The smallest absolute Gasteiger partial charge is 0.0946 e. The Hall–Kier alpha value is -1.57. The highest BCUT2D eigenvalue weighted by Gasteiger charge is 2.07. The van der Waals surface area contributed by atoms with Crippen LogP contribution in [0.3, 0.4) is 0 Å². The van der Waals surface area contributed by atoms with Crippen molar-refractivity contribution in [1.82, 2.24) is 10.2 Å². The molecule has 0 amide bonds. The van der Waals surface area contributed by atoms with Gasteiger partial charge >= 0.3 is 0 Å². The summed E-state index contributed by atoms with van der Waals surface area (Å²) in [5, 5.41) is 7.16. The maximum Gasteiger partial charge on any atom is 0.0946 e. The normalized spacial score (nSPS) is 11.5. The minimum absolute atomic E-state index is 0.934. The van der Waals surface area contributed by atoms with Gasteiger partial charge in [0.25, 0.3) is 0 Å². The lowest BCUT2D eigenvalue weighted by Gasteiger charge is -1.98. The number of rotatable bonds is 3. The summed E-state index contributed by atoms with van der Waals surface area (Å²) in [5.41, 5.74) is 5.19. The molecule has 1 aromatic rings. The van der Waals surface area contributed by atoms with E-state index in [2.05, 4.69) is 29.4 Å². The van der Waals surface area contributed by atoms with E-state index in [0.717, 1.165) is 28.1 Å². The van der Waals surface area contributed by atoms with Crippen LogP contribution in [0.25, 0.3) is 11.6 Å². The average molecular weight is 188 g/mol. The summed E-state index contributed by atoms with van der Waals surface area (Å²) in [6.07, 6.45) is 3.89. The minimum atomic E-state index is 0.934. The van der Waals surface area contributed by atoms with Crippen molar-refractivity contribution < 1.29 is 0 Å². The first-order valence-electron chi connectivity index (χ1n) is 4.58. The number of hydrogen-bond acceptors (Lipinski definition) is 1. The molecule has 1 aromatic heterocycles. The summed E-state index contributed by atoms with van der Waals surface area (Å²) in [5.74, 6) is 0. The highest BCUT2D eigenvalue weighted by molar-refractivity contribution is 5.71. The number of aromatic amines is 1. The van der Waals surface area contributed by atoms with Gasteiger partial charge in [0.15, 0.2) is 0 Å². The summed E-state index contributed by atoms with van der Waals surface area (Å²) >= 11 is 0. The highest BCUT2D eigenvalue weighted by atomic mass is 15.1. The summed E-state index contributed by atoms with van der Waals surface area (Å²) in [6, 6.07) is 0. The zero-order chi connectivity index (χ0) is 10.7. The van der Waals surface area contributed by atoms with Crippen molar-refractivity contribution in [2.45, 2.75) is 20.8 Å².